The van der Waals surface area contributed by atoms with Crippen LogP contribution in [0.1, 0.15) is 63.5 Å². The van der Waals surface area contributed by atoms with Gasteiger partial charge in [0.1, 0.15) is 11.4 Å². The number of hydrogen-bond donors (Lipinski definition) is 0. The first-order valence-electron chi connectivity index (χ1n) is 8.41. The van der Waals surface area contributed by atoms with Crippen LogP contribution < -0.4 is 0 Å². The third-order valence-electron chi connectivity index (χ3n) is 4.60. The fourth-order valence-electron chi connectivity index (χ4n) is 3.76. The Labute approximate surface area is 137 Å². The third-order valence-corrected chi connectivity index (χ3v) is 4.60. The van der Waals surface area contributed by atoms with Gasteiger partial charge in [0, 0.05) is 11.6 Å². The summed E-state index contributed by atoms with van der Waals surface area (Å²) in [5.41, 5.74) is 2.84. The average Bonchev–Trinajstić information content (AvgIpc) is 2.74. The summed E-state index contributed by atoms with van der Waals surface area (Å²) in [6.07, 6.45) is 6.03. The largest absolute Gasteiger partial charge is 0.444 e. The van der Waals surface area contributed by atoms with Gasteiger partial charge in [-0.25, -0.2) is 4.79 Å². The lowest BCUT2D eigenvalue weighted by molar-refractivity contribution is 0.0000859. The standard InChI is InChI=1S/C18H26N2O3/c1-11-16(12(2)23-19-11)13-9-14-7-6-8-15(10-13)20(14)17(21)22-18(3,4)5/h9,14-15H,6-8,10H2,1-5H3. The fraction of sp³-hybridized carbons (Fsp3) is 0.667. The monoisotopic (exact) mass is 318 g/mol. The molecule has 23 heavy (non-hydrogen) atoms. The van der Waals surface area contributed by atoms with Gasteiger partial charge in [0.05, 0.1) is 11.7 Å². The van der Waals surface area contributed by atoms with Gasteiger partial charge in [-0.3, -0.25) is 4.90 Å². The second-order valence-electron chi connectivity index (χ2n) is 7.63. The Hall–Kier alpha value is -1.78. The lowest BCUT2D eigenvalue weighted by Gasteiger charge is -2.45. The Morgan fingerprint density at radius 2 is 2.09 bits per heavy atom. The van der Waals surface area contributed by atoms with Gasteiger partial charge in [0.15, 0.2) is 0 Å². The zero-order valence-corrected chi connectivity index (χ0v) is 14.7. The molecule has 2 bridgehead atoms. The quantitative estimate of drug-likeness (QED) is 0.777. The summed E-state index contributed by atoms with van der Waals surface area (Å²) >= 11 is 0. The Bertz CT molecular complexity index is 620. The second-order valence-corrected chi connectivity index (χ2v) is 7.63. The molecule has 0 saturated carbocycles. The van der Waals surface area contributed by atoms with Gasteiger partial charge < -0.3 is 9.26 Å². The molecule has 3 rings (SSSR count). The zero-order valence-electron chi connectivity index (χ0n) is 14.7. The molecule has 1 fully saturated rings. The molecular weight excluding hydrogens is 292 g/mol. The van der Waals surface area contributed by atoms with Crippen molar-refractivity contribution in [1.29, 1.82) is 0 Å². The van der Waals surface area contributed by atoms with Crippen LogP contribution in [0.5, 0.6) is 0 Å². The highest BCUT2D eigenvalue weighted by molar-refractivity contribution is 5.75. The van der Waals surface area contributed by atoms with Crippen molar-refractivity contribution >= 4 is 11.7 Å². The number of amides is 1. The summed E-state index contributed by atoms with van der Waals surface area (Å²) in [7, 11) is 0. The van der Waals surface area contributed by atoms with Crippen molar-refractivity contribution in [3.05, 3.63) is 23.1 Å². The highest BCUT2D eigenvalue weighted by Gasteiger charge is 2.40. The molecule has 2 atom stereocenters. The fourth-order valence-corrected chi connectivity index (χ4v) is 3.76. The van der Waals surface area contributed by atoms with Crippen molar-refractivity contribution in [2.24, 2.45) is 0 Å². The zero-order chi connectivity index (χ0) is 16.8. The van der Waals surface area contributed by atoms with Crippen molar-refractivity contribution in [3.63, 3.8) is 0 Å². The smallest absolute Gasteiger partial charge is 0.411 e. The molecule has 3 heterocycles. The molecule has 2 aliphatic rings. The normalized spacial score (nSPS) is 24.4. The van der Waals surface area contributed by atoms with Crippen LogP contribution in [0.25, 0.3) is 5.57 Å². The number of rotatable bonds is 1. The van der Waals surface area contributed by atoms with Gasteiger partial charge in [-0.1, -0.05) is 11.2 Å². The number of aryl methyl sites for hydroxylation is 2. The summed E-state index contributed by atoms with van der Waals surface area (Å²) in [6, 6.07) is 0.318. The predicted octanol–water partition coefficient (Wildman–Crippen LogP) is 4.24. The van der Waals surface area contributed by atoms with Crippen molar-refractivity contribution in [1.82, 2.24) is 10.1 Å². The SMILES string of the molecule is Cc1noc(C)c1C1=CC2CCCC(C1)N2C(=O)OC(C)(C)C. The van der Waals surface area contributed by atoms with Gasteiger partial charge in [-0.15, -0.1) is 0 Å². The molecule has 0 aromatic carbocycles. The highest BCUT2D eigenvalue weighted by atomic mass is 16.6. The van der Waals surface area contributed by atoms with Crippen molar-refractivity contribution in [2.75, 3.05) is 0 Å². The molecule has 126 valence electrons. The Morgan fingerprint density at radius 1 is 1.35 bits per heavy atom. The lowest BCUT2D eigenvalue weighted by atomic mass is 9.82. The first-order chi connectivity index (χ1) is 10.8. The minimum atomic E-state index is -0.461. The van der Waals surface area contributed by atoms with Gasteiger partial charge in [0.25, 0.3) is 0 Å². The predicted molar refractivity (Wildman–Crippen MR) is 88.1 cm³/mol. The molecule has 0 spiro atoms. The van der Waals surface area contributed by atoms with E-state index >= 15 is 0 Å². The van der Waals surface area contributed by atoms with Crippen molar-refractivity contribution in [3.8, 4) is 0 Å². The first kappa shape index (κ1) is 16.1. The summed E-state index contributed by atoms with van der Waals surface area (Å²) in [4.78, 5) is 14.5. The van der Waals surface area contributed by atoms with E-state index in [0.717, 1.165) is 42.7 Å². The summed E-state index contributed by atoms with van der Waals surface area (Å²) < 4.78 is 10.9. The number of carbonyl (C=O) groups excluding carboxylic acids is 1. The van der Waals surface area contributed by atoms with E-state index in [0.29, 0.717) is 0 Å². The highest BCUT2D eigenvalue weighted by Crippen LogP contribution is 2.39. The number of carbonyl (C=O) groups is 1. The van der Waals surface area contributed by atoms with Crippen LogP contribution in [0, 0.1) is 13.8 Å². The minimum Gasteiger partial charge on any atom is -0.444 e. The van der Waals surface area contributed by atoms with Crippen LogP contribution in [0.3, 0.4) is 0 Å². The average molecular weight is 318 g/mol. The number of piperidine rings is 1. The Kier molecular flexibility index (Phi) is 3.98. The molecule has 2 unspecified atom stereocenters. The van der Waals surface area contributed by atoms with Crippen LogP contribution >= 0.6 is 0 Å². The van der Waals surface area contributed by atoms with E-state index in [-0.39, 0.29) is 18.2 Å². The van der Waals surface area contributed by atoms with Crippen LogP contribution in [-0.2, 0) is 4.74 Å². The van der Waals surface area contributed by atoms with Crippen LogP contribution in [0.4, 0.5) is 4.79 Å². The van der Waals surface area contributed by atoms with Crippen LogP contribution in [-0.4, -0.2) is 33.8 Å². The number of hydrogen-bond acceptors (Lipinski definition) is 4. The maximum atomic E-state index is 12.6. The van der Waals surface area contributed by atoms with E-state index in [1.165, 1.54) is 5.57 Å². The van der Waals surface area contributed by atoms with E-state index in [1.54, 1.807) is 0 Å². The molecule has 2 aliphatic heterocycles. The van der Waals surface area contributed by atoms with E-state index < -0.39 is 5.60 Å². The van der Waals surface area contributed by atoms with Crippen LogP contribution in [0.2, 0.25) is 0 Å². The molecule has 0 N–H and O–H groups in total. The summed E-state index contributed by atoms with van der Waals surface area (Å²) in [5, 5.41) is 4.07. The summed E-state index contributed by atoms with van der Waals surface area (Å²) in [6.45, 7) is 9.66. The number of aromatic nitrogens is 1. The lowest BCUT2D eigenvalue weighted by Crippen LogP contribution is -2.53. The van der Waals surface area contributed by atoms with Gasteiger partial charge >= 0.3 is 6.09 Å². The topological polar surface area (TPSA) is 55.6 Å². The van der Waals surface area contributed by atoms with E-state index in [9.17, 15) is 4.79 Å². The van der Waals surface area contributed by atoms with E-state index in [2.05, 4.69) is 11.2 Å². The number of ether oxygens (including phenoxy) is 1. The van der Waals surface area contributed by atoms with E-state index in [4.69, 9.17) is 9.26 Å². The molecule has 5 nitrogen and oxygen atoms in total. The second kappa shape index (κ2) is 5.69. The maximum absolute atomic E-state index is 12.6. The molecular formula is C18H26N2O3. The van der Waals surface area contributed by atoms with Crippen molar-refractivity contribution in [2.45, 2.75) is 78.0 Å². The Morgan fingerprint density at radius 3 is 2.65 bits per heavy atom. The summed E-state index contributed by atoms with van der Waals surface area (Å²) in [5.74, 6) is 0.859. The van der Waals surface area contributed by atoms with Gasteiger partial charge in [-0.05, 0) is 65.9 Å². The molecule has 0 aliphatic carbocycles. The third kappa shape index (κ3) is 3.14. The number of fused-ring (bicyclic) bond motifs is 2. The van der Waals surface area contributed by atoms with Gasteiger partial charge in [-0.2, -0.15) is 0 Å². The van der Waals surface area contributed by atoms with E-state index in [1.807, 2.05) is 39.5 Å². The maximum Gasteiger partial charge on any atom is 0.411 e. The minimum absolute atomic E-state index is 0.112. The Balaban J connectivity index is 1.89. The van der Waals surface area contributed by atoms with Gasteiger partial charge in [0.2, 0.25) is 0 Å². The van der Waals surface area contributed by atoms with Crippen molar-refractivity contribution < 1.29 is 14.1 Å². The molecule has 1 saturated heterocycles. The van der Waals surface area contributed by atoms with Crippen LogP contribution in [0.15, 0.2) is 10.6 Å². The molecule has 1 aromatic rings. The molecule has 1 aromatic heterocycles. The number of nitrogens with zero attached hydrogens (tertiary/aromatic N) is 2. The first-order valence-corrected chi connectivity index (χ1v) is 8.41. The molecule has 0 radical (unpaired) electrons. The molecule has 1 amide bonds. The molecule has 5 heteroatoms.